The number of hydrogen-bond acceptors (Lipinski definition) is 6. The Kier molecular flexibility index (Phi) is 5.74. The Balaban J connectivity index is 1.99. The Hall–Kier alpha value is -3.30. The van der Waals surface area contributed by atoms with Gasteiger partial charge in [0.05, 0.1) is 32.6 Å². The van der Waals surface area contributed by atoms with Crippen LogP contribution in [-0.2, 0) is 0 Å². The van der Waals surface area contributed by atoms with E-state index in [1.54, 1.807) is 27.4 Å². The molecule has 0 amide bonds. The monoisotopic (exact) mass is 378 g/mol. The van der Waals surface area contributed by atoms with Crippen LogP contribution in [0.15, 0.2) is 47.8 Å². The highest BCUT2D eigenvalue weighted by Gasteiger charge is 2.11. The van der Waals surface area contributed by atoms with Crippen molar-refractivity contribution in [1.29, 1.82) is 5.26 Å². The van der Waals surface area contributed by atoms with Gasteiger partial charge in [0.25, 0.3) is 0 Å². The molecule has 0 aliphatic heterocycles. The van der Waals surface area contributed by atoms with Crippen LogP contribution in [0.1, 0.15) is 10.6 Å². The summed E-state index contributed by atoms with van der Waals surface area (Å²) in [6, 6.07) is 15.3. The standard InChI is InChI=1S/C21H18N2O3S/c1-24-17-6-4-5-14(10-17)19-13-27-21(23-19)16(12-22)9-15-11-18(25-2)7-8-20(15)26-3/h4-11,13H,1-3H3. The molecule has 3 rings (SSSR count). The number of methoxy groups -OCH3 is 3. The zero-order valence-corrected chi connectivity index (χ0v) is 16.0. The largest absolute Gasteiger partial charge is 0.497 e. The Morgan fingerprint density at radius 3 is 2.52 bits per heavy atom. The minimum absolute atomic E-state index is 0.459. The molecule has 27 heavy (non-hydrogen) atoms. The fourth-order valence-corrected chi connectivity index (χ4v) is 3.36. The zero-order valence-electron chi connectivity index (χ0n) is 15.2. The van der Waals surface area contributed by atoms with Gasteiger partial charge in [0.1, 0.15) is 28.3 Å². The molecule has 0 spiro atoms. The van der Waals surface area contributed by atoms with Gasteiger partial charge in [-0.3, -0.25) is 0 Å². The molecule has 2 aromatic carbocycles. The highest BCUT2D eigenvalue weighted by molar-refractivity contribution is 7.11. The molecule has 0 fully saturated rings. The van der Waals surface area contributed by atoms with Gasteiger partial charge >= 0.3 is 0 Å². The first kappa shape index (κ1) is 18.5. The predicted octanol–water partition coefficient (Wildman–Crippen LogP) is 4.90. The summed E-state index contributed by atoms with van der Waals surface area (Å²) in [6.07, 6.45) is 1.76. The maximum Gasteiger partial charge on any atom is 0.134 e. The van der Waals surface area contributed by atoms with Crippen LogP contribution in [0.25, 0.3) is 22.9 Å². The van der Waals surface area contributed by atoms with E-state index in [1.165, 1.54) is 11.3 Å². The molecule has 0 bridgehead atoms. The molecule has 0 aliphatic carbocycles. The fraction of sp³-hybridized carbons (Fsp3) is 0.143. The molecule has 0 atom stereocenters. The topological polar surface area (TPSA) is 64.4 Å². The van der Waals surface area contributed by atoms with Crippen molar-refractivity contribution in [1.82, 2.24) is 4.98 Å². The van der Waals surface area contributed by atoms with Crippen LogP contribution in [0.3, 0.4) is 0 Å². The SMILES string of the molecule is COc1cccc(-c2csc(C(C#N)=Cc3cc(OC)ccc3OC)n2)c1. The van der Waals surface area contributed by atoms with Crippen molar-refractivity contribution < 1.29 is 14.2 Å². The molecule has 1 heterocycles. The number of allylic oxidation sites excluding steroid dienone is 1. The summed E-state index contributed by atoms with van der Waals surface area (Å²) >= 11 is 1.42. The minimum atomic E-state index is 0.459. The lowest BCUT2D eigenvalue weighted by molar-refractivity contribution is 0.402. The number of aromatic nitrogens is 1. The molecule has 0 saturated carbocycles. The molecule has 0 radical (unpaired) electrons. The van der Waals surface area contributed by atoms with Crippen molar-refractivity contribution in [3.05, 3.63) is 58.4 Å². The molecule has 0 unspecified atom stereocenters. The lowest BCUT2D eigenvalue weighted by Crippen LogP contribution is -1.90. The zero-order chi connectivity index (χ0) is 19.2. The molecule has 6 heteroatoms. The molecule has 3 aromatic rings. The van der Waals surface area contributed by atoms with Crippen LogP contribution in [0, 0.1) is 11.3 Å². The Bertz CT molecular complexity index is 1020. The van der Waals surface area contributed by atoms with Crippen molar-refractivity contribution in [3.63, 3.8) is 0 Å². The fourth-order valence-electron chi connectivity index (χ4n) is 2.56. The number of nitrogens with zero attached hydrogens (tertiary/aromatic N) is 2. The first-order valence-electron chi connectivity index (χ1n) is 8.12. The van der Waals surface area contributed by atoms with Gasteiger partial charge in [0, 0.05) is 16.5 Å². The second kappa shape index (κ2) is 8.39. The summed E-state index contributed by atoms with van der Waals surface area (Å²) in [5.41, 5.74) is 2.95. The third kappa shape index (κ3) is 4.10. The maximum absolute atomic E-state index is 9.65. The lowest BCUT2D eigenvalue weighted by Gasteiger charge is -2.07. The number of ether oxygens (including phenoxy) is 3. The number of thiazole rings is 1. The van der Waals surface area contributed by atoms with Crippen molar-refractivity contribution in [2.45, 2.75) is 0 Å². The second-order valence-electron chi connectivity index (χ2n) is 5.55. The van der Waals surface area contributed by atoms with Crippen LogP contribution in [-0.4, -0.2) is 26.3 Å². The Morgan fingerprint density at radius 1 is 1.04 bits per heavy atom. The summed E-state index contributed by atoms with van der Waals surface area (Å²) in [5.74, 6) is 2.11. The summed E-state index contributed by atoms with van der Waals surface area (Å²) in [4.78, 5) is 4.62. The average Bonchev–Trinajstić information content (AvgIpc) is 3.21. The molecular weight excluding hydrogens is 360 g/mol. The molecule has 0 aliphatic rings. The Morgan fingerprint density at radius 2 is 1.81 bits per heavy atom. The highest BCUT2D eigenvalue weighted by Crippen LogP contribution is 2.31. The molecule has 5 nitrogen and oxygen atoms in total. The summed E-state index contributed by atoms with van der Waals surface area (Å²) in [5, 5.41) is 12.2. The van der Waals surface area contributed by atoms with Gasteiger partial charge in [-0.1, -0.05) is 12.1 Å². The number of nitriles is 1. The van der Waals surface area contributed by atoms with E-state index in [2.05, 4.69) is 11.1 Å². The summed E-state index contributed by atoms with van der Waals surface area (Å²) in [6.45, 7) is 0. The van der Waals surface area contributed by atoms with E-state index in [9.17, 15) is 5.26 Å². The quantitative estimate of drug-likeness (QED) is 0.571. The number of benzene rings is 2. The van der Waals surface area contributed by atoms with Gasteiger partial charge in [-0.2, -0.15) is 5.26 Å². The van der Waals surface area contributed by atoms with E-state index >= 15 is 0 Å². The lowest BCUT2D eigenvalue weighted by atomic mass is 10.1. The van der Waals surface area contributed by atoms with E-state index < -0.39 is 0 Å². The average molecular weight is 378 g/mol. The van der Waals surface area contributed by atoms with E-state index in [0.717, 1.165) is 22.6 Å². The molecule has 0 N–H and O–H groups in total. The van der Waals surface area contributed by atoms with Gasteiger partial charge in [-0.25, -0.2) is 4.98 Å². The van der Waals surface area contributed by atoms with Crippen LogP contribution >= 0.6 is 11.3 Å². The van der Waals surface area contributed by atoms with Crippen LogP contribution < -0.4 is 14.2 Å². The molecule has 0 saturated heterocycles. The van der Waals surface area contributed by atoms with Gasteiger partial charge in [-0.05, 0) is 36.4 Å². The van der Waals surface area contributed by atoms with Gasteiger partial charge in [0.15, 0.2) is 0 Å². The third-order valence-corrected chi connectivity index (χ3v) is 4.83. The van der Waals surface area contributed by atoms with Crippen molar-refractivity contribution in [3.8, 4) is 34.6 Å². The van der Waals surface area contributed by atoms with Crippen LogP contribution in [0.5, 0.6) is 17.2 Å². The van der Waals surface area contributed by atoms with Crippen LogP contribution in [0.2, 0.25) is 0 Å². The van der Waals surface area contributed by atoms with E-state index in [0.29, 0.717) is 22.1 Å². The molecule has 1 aromatic heterocycles. The Labute approximate surface area is 162 Å². The minimum Gasteiger partial charge on any atom is -0.497 e. The first-order valence-corrected chi connectivity index (χ1v) is 9.00. The maximum atomic E-state index is 9.65. The summed E-state index contributed by atoms with van der Waals surface area (Å²) < 4.78 is 15.9. The second-order valence-corrected chi connectivity index (χ2v) is 6.41. The highest BCUT2D eigenvalue weighted by atomic mass is 32.1. The number of rotatable bonds is 6. The number of hydrogen-bond donors (Lipinski definition) is 0. The molecule has 136 valence electrons. The van der Waals surface area contributed by atoms with Gasteiger partial charge in [-0.15, -0.1) is 11.3 Å². The van der Waals surface area contributed by atoms with Crippen molar-refractivity contribution in [2.24, 2.45) is 0 Å². The van der Waals surface area contributed by atoms with E-state index in [-0.39, 0.29) is 0 Å². The third-order valence-electron chi connectivity index (χ3n) is 3.96. The van der Waals surface area contributed by atoms with E-state index in [4.69, 9.17) is 14.2 Å². The van der Waals surface area contributed by atoms with Gasteiger partial charge < -0.3 is 14.2 Å². The molecular formula is C21H18N2O3S. The van der Waals surface area contributed by atoms with Crippen LogP contribution in [0.4, 0.5) is 0 Å². The summed E-state index contributed by atoms with van der Waals surface area (Å²) in [7, 11) is 4.82. The van der Waals surface area contributed by atoms with Gasteiger partial charge in [0.2, 0.25) is 0 Å². The normalized spacial score (nSPS) is 11.0. The van der Waals surface area contributed by atoms with Crippen molar-refractivity contribution in [2.75, 3.05) is 21.3 Å². The smallest absolute Gasteiger partial charge is 0.134 e. The first-order chi connectivity index (χ1) is 13.2. The van der Waals surface area contributed by atoms with E-state index in [1.807, 2.05) is 47.8 Å². The van der Waals surface area contributed by atoms with Crippen molar-refractivity contribution >= 4 is 23.0 Å². The predicted molar refractivity (Wildman–Crippen MR) is 107 cm³/mol.